The lowest BCUT2D eigenvalue weighted by Gasteiger charge is -2.11. The zero-order valence-electron chi connectivity index (χ0n) is 15.8. The Hall–Kier alpha value is -3.41. The van der Waals surface area contributed by atoms with Gasteiger partial charge in [0, 0.05) is 18.9 Å². The van der Waals surface area contributed by atoms with Crippen LogP contribution in [0.15, 0.2) is 60.9 Å². The summed E-state index contributed by atoms with van der Waals surface area (Å²) < 4.78 is 26.1. The zero-order valence-corrected chi connectivity index (χ0v) is 15.8. The standard InChI is InChI=1S/C22H21FN2O3/c1-3-28-22(26)18(13-17-9-10-20(27-2)19(23)14-17)21-24-11-12-25(21)15-16-7-5-4-6-8-16/h4-14H,3,15H2,1-2H3. The molecule has 5 nitrogen and oxygen atoms in total. The molecule has 0 atom stereocenters. The van der Waals surface area contributed by atoms with Crippen LogP contribution in [0.1, 0.15) is 23.9 Å². The lowest BCUT2D eigenvalue weighted by atomic mass is 10.1. The van der Waals surface area contributed by atoms with Crippen molar-refractivity contribution in [3.05, 3.63) is 83.7 Å². The SMILES string of the molecule is CCOC(=O)C(=Cc1ccc(OC)c(F)c1)c1nccn1Cc1ccccc1. The van der Waals surface area contributed by atoms with Crippen LogP contribution in [0.3, 0.4) is 0 Å². The molecule has 6 heteroatoms. The maximum absolute atomic E-state index is 14.1. The third-order valence-corrected chi connectivity index (χ3v) is 4.13. The van der Waals surface area contributed by atoms with Crippen molar-refractivity contribution in [1.29, 1.82) is 0 Å². The third kappa shape index (κ3) is 4.46. The number of imidazole rings is 1. The van der Waals surface area contributed by atoms with Gasteiger partial charge < -0.3 is 14.0 Å². The van der Waals surface area contributed by atoms with E-state index in [0.29, 0.717) is 17.9 Å². The van der Waals surface area contributed by atoms with E-state index in [4.69, 9.17) is 9.47 Å². The van der Waals surface area contributed by atoms with Crippen LogP contribution in [0.4, 0.5) is 4.39 Å². The van der Waals surface area contributed by atoms with E-state index in [-0.39, 0.29) is 17.9 Å². The summed E-state index contributed by atoms with van der Waals surface area (Å²) in [6.07, 6.45) is 4.99. The highest BCUT2D eigenvalue weighted by Crippen LogP contribution is 2.23. The van der Waals surface area contributed by atoms with Crippen molar-refractivity contribution in [2.24, 2.45) is 0 Å². The molecule has 0 aliphatic carbocycles. The van der Waals surface area contributed by atoms with Gasteiger partial charge in [-0.2, -0.15) is 0 Å². The minimum absolute atomic E-state index is 0.139. The first kappa shape index (κ1) is 19.4. The average molecular weight is 380 g/mol. The largest absolute Gasteiger partial charge is 0.494 e. The predicted octanol–water partition coefficient (Wildman–Crippen LogP) is 4.18. The second-order valence-electron chi connectivity index (χ2n) is 6.04. The quantitative estimate of drug-likeness (QED) is 0.456. The van der Waals surface area contributed by atoms with Gasteiger partial charge in [0.1, 0.15) is 11.4 Å². The molecule has 144 valence electrons. The number of halogens is 1. The molecule has 0 spiro atoms. The van der Waals surface area contributed by atoms with E-state index >= 15 is 0 Å². The first-order valence-electron chi connectivity index (χ1n) is 8.90. The number of hydrogen-bond donors (Lipinski definition) is 0. The van der Waals surface area contributed by atoms with Crippen LogP contribution < -0.4 is 4.74 Å². The first-order chi connectivity index (χ1) is 13.6. The van der Waals surface area contributed by atoms with E-state index in [1.54, 1.807) is 31.5 Å². The molecule has 3 rings (SSSR count). The van der Waals surface area contributed by atoms with Crippen molar-refractivity contribution in [1.82, 2.24) is 9.55 Å². The molecule has 0 saturated heterocycles. The Morgan fingerprint density at radius 2 is 2.00 bits per heavy atom. The van der Waals surface area contributed by atoms with E-state index in [1.807, 2.05) is 34.9 Å². The van der Waals surface area contributed by atoms with Crippen molar-refractivity contribution >= 4 is 17.6 Å². The Morgan fingerprint density at radius 3 is 2.68 bits per heavy atom. The third-order valence-electron chi connectivity index (χ3n) is 4.13. The number of ether oxygens (including phenoxy) is 2. The number of esters is 1. The molecule has 1 heterocycles. The number of methoxy groups -OCH3 is 1. The van der Waals surface area contributed by atoms with Crippen molar-refractivity contribution in [2.75, 3.05) is 13.7 Å². The second kappa shape index (κ2) is 8.99. The van der Waals surface area contributed by atoms with Gasteiger partial charge in [-0.25, -0.2) is 14.2 Å². The fourth-order valence-corrected chi connectivity index (χ4v) is 2.82. The van der Waals surface area contributed by atoms with Crippen LogP contribution in [-0.2, 0) is 16.1 Å². The fourth-order valence-electron chi connectivity index (χ4n) is 2.82. The average Bonchev–Trinajstić information content (AvgIpc) is 3.15. The monoisotopic (exact) mass is 380 g/mol. The highest BCUT2D eigenvalue weighted by atomic mass is 19.1. The molecule has 0 bridgehead atoms. The summed E-state index contributed by atoms with van der Waals surface area (Å²) in [6.45, 7) is 2.51. The molecular weight excluding hydrogens is 359 g/mol. The van der Waals surface area contributed by atoms with Gasteiger partial charge in [-0.3, -0.25) is 0 Å². The molecule has 0 fully saturated rings. The topological polar surface area (TPSA) is 53.4 Å². The zero-order chi connectivity index (χ0) is 19.9. The van der Waals surface area contributed by atoms with Gasteiger partial charge in [0.2, 0.25) is 0 Å². The van der Waals surface area contributed by atoms with Gasteiger partial charge in [-0.1, -0.05) is 36.4 Å². The molecule has 2 aromatic carbocycles. The Morgan fingerprint density at radius 1 is 1.21 bits per heavy atom. The lowest BCUT2D eigenvalue weighted by Crippen LogP contribution is -2.12. The van der Waals surface area contributed by atoms with E-state index in [9.17, 15) is 9.18 Å². The Kier molecular flexibility index (Phi) is 6.22. The summed E-state index contributed by atoms with van der Waals surface area (Å²) in [6, 6.07) is 14.3. The van der Waals surface area contributed by atoms with Crippen LogP contribution in [0.25, 0.3) is 11.6 Å². The van der Waals surface area contributed by atoms with E-state index in [1.165, 1.54) is 19.2 Å². The number of hydrogen-bond acceptors (Lipinski definition) is 4. The number of aromatic nitrogens is 2. The summed E-state index contributed by atoms with van der Waals surface area (Å²) in [5, 5.41) is 0. The fraction of sp³-hybridized carbons (Fsp3) is 0.182. The van der Waals surface area contributed by atoms with E-state index in [2.05, 4.69) is 4.98 Å². The molecule has 1 aromatic heterocycles. The molecular formula is C22H21FN2O3. The Balaban J connectivity index is 2.01. The number of carbonyl (C=O) groups excluding carboxylic acids is 1. The normalized spacial score (nSPS) is 11.3. The number of carbonyl (C=O) groups is 1. The van der Waals surface area contributed by atoms with Crippen molar-refractivity contribution in [2.45, 2.75) is 13.5 Å². The summed E-state index contributed by atoms with van der Waals surface area (Å²) in [5.74, 6) is -0.426. The van der Waals surface area contributed by atoms with Crippen molar-refractivity contribution in [3.63, 3.8) is 0 Å². The van der Waals surface area contributed by atoms with E-state index < -0.39 is 11.8 Å². The summed E-state index contributed by atoms with van der Waals surface area (Å²) in [7, 11) is 1.40. The molecule has 0 unspecified atom stereocenters. The molecule has 0 saturated carbocycles. The number of rotatable bonds is 7. The molecule has 0 aliphatic heterocycles. The smallest absolute Gasteiger partial charge is 0.341 e. The van der Waals surface area contributed by atoms with Gasteiger partial charge >= 0.3 is 5.97 Å². The number of nitrogens with zero attached hydrogens (tertiary/aromatic N) is 2. The molecule has 0 radical (unpaired) electrons. The van der Waals surface area contributed by atoms with Gasteiger partial charge in [-0.05, 0) is 36.3 Å². The molecule has 0 aliphatic rings. The van der Waals surface area contributed by atoms with Crippen LogP contribution in [-0.4, -0.2) is 29.2 Å². The van der Waals surface area contributed by atoms with Gasteiger partial charge in [0.25, 0.3) is 0 Å². The molecule has 28 heavy (non-hydrogen) atoms. The molecule has 3 aromatic rings. The maximum Gasteiger partial charge on any atom is 0.341 e. The van der Waals surface area contributed by atoms with Crippen LogP contribution in [0.5, 0.6) is 5.75 Å². The summed E-state index contributed by atoms with van der Waals surface area (Å²) in [5.41, 5.74) is 1.84. The van der Waals surface area contributed by atoms with Gasteiger partial charge in [0.15, 0.2) is 11.6 Å². The van der Waals surface area contributed by atoms with Gasteiger partial charge in [0.05, 0.1) is 13.7 Å². The lowest BCUT2D eigenvalue weighted by molar-refractivity contribution is -0.136. The first-order valence-corrected chi connectivity index (χ1v) is 8.90. The minimum Gasteiger partial charge on any atom is -0.494 e. The van der Waals surface area contributed by atoms with E-state index in [0.717, 1.165) is 5.56 Å². The summed E-state index contributed by atoms with van der Waals surface area (Å²) in [4.78, 5) is 16.9. The second-order valence-corrected chi connectivity index (χ2v) is 6.04. The van der Waals surface area contributed by atoms with Crippen molar-refractivity contribution in [3.8, 4) is 5.75 Å². The minimum atomic E-state index is -0.515. The van der Waals surface area contributed by atoms with Crippen molar-refractivity contribution < 1.29 is 18.7 Å². The highest BCUT2D eigenvalue weighted by Gasteiger charge is 2.19. The van der Waals surface area contributed by atoms with Gasteiger partial charge in [-0.15, -0.1) is 0 Å². The molecule has 0 N–H and O–H groups in total. The molecule has 0 amide bonds. The van der Waals surface area contributed by atoms with Crippen LogP contribution in [0, 0.1) is 5.82 Å². The number of benzene rings is 2. The van der Waals surface area contributed by atoms with Crippen LogP contribution >= 0.6 is 0 Å². The predicted molar refractivity (Wildman–Crippen MR) is 105 cm³/mol. The highest BCUT2D eigenvalue weighted by molar-refractivity contribution is 6.20. The Labute approximate surface area is 163 Å². The Bertz CT molecular complexity index is 980. The maximum atomic E-state index is 14.1. The summed E-state index contributed by atoms with van der Waals surface area (Å²) >= 11 is 0. The van der Waals surface area contributed by atoms with Crippen LogP contribution in [0.2, 0.25) is 0 Å².